The van der Waals surface area contributed by atoms with Crippen molar-refractivity contribution in [2.75, 3.05) is 11.4 Å². The molecule has 6 heteroatoms. The summed E-state index contributed by atoms with van der Waals surface area (Å²) in [5.74, 6) is 1.75. The lowest BCUT2D eigenvalue weighted by molar-refractivity contribution is 0.556. The Kier molecular flexibility index (Phi) is 3.94. The smallest absolute Gasteiger partial charge is 0.146 e. The third kappa shape index (κ3) is 2.76. The Labute approximate surface area is 153 Å². The minimum absolute atomic E-state index is 0.607. The molecule has 118 valence electrons. The Balaban J connectivity index is 1.66. The van der Waals surface area contributed by atoms with Gasteiger partial charge in [-0.3, -0.25) is 0 Å². The molecule has 0 atom stereocenters. The first-order valence-corrected chi connectivity index (χ1v) is 8.74. The van der Waals surface area contributed by atoms with Crippen molar-refractivity contribution in [1.82, 2.24) is 14.5 Å². The second kappa shape index (κ2) is 6.24. The molecule has 0 radical (unpaired) electrons. The van der Waals surface area contributed by atoms with Gasteiger partial charge in [-0.1, -0.05) is 12.1 Å². The van der Waals surface area contributed by atoms with Crippen LogP contribution in [0.1, 0.15) is 11.4 Å². The molecular weight excluding hydrogens is 413 g/mol. The fourth-order valence-electron chi connectivity index (χ4n) is 2.96. The van der Waals surface area contributed by atoms with E-state index in [2.05, 4.69) is 73.6 Å². The van der Waals surface area contributed by atoms with Gasteiger partial charge in [-0.25, -0.2) is 9.97 Å². The van der Waals surface area contributed by atoms with Crippen molar-refractivity contribution in [2.45, 2.75) is 13.1 Å². The highest BCUT2D eigenvalue weighted by atomic mass is 127. The normalized spacial score (nSPS) is 13.4. The summed E-state index contributed by atoms with van der Waals surface area (Å²) >= 11 is 2.32. The van der Waals surface area contributed by atoms with Crippen LogP contribution in [0, 0.1) is 14.9 Å². The number of fused-ring (bicyclic) bond motifs is 1. The average molecular weight is 427 g/mol. The van der Waals surface area contributed by atoms with Crippen molar-refractivity contribution in [3.63, 3.8) is 0 Å². The molecule has 1 aliphatic heterocycles. The Hall–Kier alpha value is -2.40. The predicted molar refractivity (Wildman–Crippen MR) is 100 cm³/mol. The number of imidazole rings is 1. The molecule has 1 aromatic carbocycles. The summed E-state index contributed by atoms with van der Waals surface area (Å²) in [6.07, 6.45) is 3.84. The van der Waals surface area contributed by atoms with Crippen LogP contribution >= 0.6 is 22.6 Å². The third-order valence-corrected chi connectivity index (χ3v) is 4.80. The van der Waals surface area contributed by atoms with E-state index in [9.17, 15) is 5.26 Å². The molecule has 0 unspecified atom stereocenters. The number of hydrogen-bond donors (Lipinski definition) is 0. The zero-order valence-electron chi connectivity index (χ0n) is 12.9. The summed E-state index contributed by atoms with van der Waals surface area (Å²) in [7, 11) is 0. The van der Waals surface area contributed by atoms with Gasteiger partial charge in [0, 0.05) is 34.6 Å². The zero-order chi connectivity index (χ0) is 16.5. The molecule has 0 bridgehead atoms. The van der Waals surface area contributed by atoms with Gasteiger partial charge in [0.05, 0.1) is 17.8 Å². The molecule has 0 amide bonds. The highest BCUT2D eigenvalue weighted by Crippen LogP contribution is 2.26. The van der Waals surface area contributed by atoms with Crippen LogP contribution in [0.2, 0.25) is 0 Å². The largest absolute Gasteiger partial charge is 0.346 e. The molecule has 5 nitrogen and oxygen atoms in total. The van der Waals surface area contributed by atoms with E-state index in [1.807, 2.05) is 0 Å². The lowest BCUT2D eigenvalue weighted by Gasteiger charge is -2.28. The zero-order valence-corrected chi connectivity index (χ0v) is 15.0. The molecule has 0 saturated heterocycles. The van der Waals surface area contributed by atoms with Gasteiger partial charge in [0.1, 0.15) is 17.7 Å². The van der Waals surface area contributed by atoms with Crippen molar-refractivity contribution in [2.24, 2.45) is 0 Å². The fraction of sp³-hybridized carbons (Fsp3) is 0.167. The molecule has 0 N–H and O–H groups in total. The maximum atomic E-state index is 9.28. The van der Waals surface area contributed by atoms with Crippen molar-refractivity contribution >= 4 is 28.4 Å². The number of hydrogen-bond acceptors (Lipinski definition) is 4. The summed E-state index contributed by atoms with van der Waals surface area (Å²) in [5.41, 5.74) is 2.73. The lowest BCUT2D eigenvalue weighted by atomic mass is 10.2. The third-order valence-electron chi connectivity index (χ3n) is 4.13. The van der Waals surface area contributed by atoms with Gasteiger partial charge < -0.3 is 9.47 Å². The molecule has 4 rings (SSSR count). The summed E-state index contributed by atoms with van der Waals surface area (Å²) in [4.78, 5) is 11.3. The Morgan fingerprint density at radius 1 is 1.17 bits per heavy atom. The average Bonchev–Trinajstić information content (AvgIpc) is 3.05. The molecule has 0 spiro atoms. The van der Waals surface area contributed by atoms with Gasteiger partial charge in [-0.15, -0.1) is 0 Å². The number of aromatic nitrogens is 3. The number of rotatable bonds is 2. The van der Waals surface area contributed by atoms with E-state index < -0.39 is 0 Å². The van der Waals surface area contributed by atoms with Crippen LogP contribution < -0.4 is 4.90 Å². The first kappa shape index (κ1) is 15.1. The fourth-order valence-corrected chi connectivity index (χ4v) is 3.50. The summed E-state index contributed by atoms with van der Waals surface area (Å²) in [6, 6.07) is 14.2. The molecule has 3 aromatic rings. The van der Waals surface area contributed by atoms with Crippen molar-refractivity contribution in [3.05, 3.63) is 63.7 Å². The lowest BCUT2D eigenvalue weighted by Crippen LogP contribution is -2.34. The van der Waals surface area contributed by atoms with E-state index in [0.717, 1.165) is 36.0 Å². The van der Waals surface area contributed by atoms with Gasteiger partial charge in [0.15, 0.2) is 0 Å². The number of pyridine rings is 1. The van der Waals surface area contributed by atoms with Crippen molar-refractivity contribution in [1.29, 1.82) is 5.26 Å². The maximum Gasteiger partial charge on any atom is 0.146 e. The minimum atomic E-state index is 0.607. The highest BCUT2D eigenvalue weighted by molar-refractivity contribution is 14.1. The quantitative estimate of drug-likeness (QED) is 0.588. The van der Waals surface area contributed by atoms with E-state index in [1.165, 1.54) is 3.57 Å². The van der Waals surface area contributed by atoms with Gasteiger partial charge in [0.25, 0.3) is 0 Å². The predicted octanol–water partition coefficient (Wildman–Crippen LogP) is 3.44. The number of benzene rings is 1. The molecule has 0 fully saturated rings. The van der Waals surface area contributed by atoms with Crippen LogP contribution in [-0.2, 0) is 13.1 Å². The Morgan fingerprint density at radius 2 is 2.08 bits per heavy atom. The number of nitrogens with zero attached hydrogens (tertiary/aromatic N) is 5. The van der Waals surface area contributed by atoms with Crippen molar-refractivity contribution < 1.29 is 0 Å². The number of halogens is 1. The van der Waals surface area contributed by atoms with Crippen LogP contribution in [0.25, 0.3) is 11.3 Å². The maximum absolute atomic E-state index is 9.28. The van der Waals surface area contributed by atoms with E-state index in [-0.39, 0.29) is 0 Å². The first-order chi connectivity index (χ1) is 11.7. The SMILES string of the molecule is N#Cc1cccnc1N1CCn2cc(-c3cccc(I)c3)nc2C1. The van der Waals surface area contributed by atoms with Crippen LogP contribution in [0.5, 0.6) is 0 Å². The molecule has 24 heavy (non-hydrogen) atoms. The van der Waals surface area contributed by atoms with Gasteiger partial charge in [-0.2, -0.15) is 5.26 Å². The topological polar surface area (TPSA) is 57.7 Å². The monoisotopic (exact) mass is 427 g/mol. The number of nitriles is 1. The summed E-state index contributed by atoms with van der Waals surface area (Å²) < 4.78 is 3.39. The Morgan fingerprint density at radius 3 is 2.92 bits per heavy atom. The number of anilines is 1. The molecule has 0 aliphatic carbocycles. The van der Waals surface area contributed by atoms with Crippen molar-refractivity contribution in [3.8, 4) is 17.3 Å². The molecule has 0 saturated carbocycles. The summed E-state index contributed by atoms with van der Waals surface area (Å²) in [5, 5.41) is 9.28. The van der Waals surface area contributed by atoms with Gasteiger partial charge in [-0.05, 0) is 46.9 Å². The van der Waals surface area contributed by atoms with Crippen LogP contribution in [0.4, 0.5) is 5.82 Å². The van der Waals surface area contributed by atoms with Gasteiger partial charge >= 0.3 is 0 Å². The molecule has 2 aromatic heterocycles. The van der Waals surface area contributed by atoms with E-state index >= 15 is 0 Å². The second-order valence-electron chi connectivity index (χ2n) is 5.65. The van der Waals surface area contributed by atoms with Crippen LogP contribution in [-0.4, -0.2) is 21.1 Å². The standard InChI is InChI=1S/C18H14IN5/c19-15-5-1-3-13(9-15)16-11-23-7-8-24(12-17(23)22-16)18-14(10-20)4-2-6-21-18/h1-6,9,11H,7-8,12H2. The second-order valence-corrected chi connectivity index (χ2v) is 6.90. The van der Waals surface area contributed by atoms with E-state index in [0.29, 0.717) is 12.1 Å². The highest BCUT2D eigenvalue weighted by Gasteiger charge is 2.21. The Bertz CT molecular complexity index is 941. The molecular formula is C18H14IN5. The summed E-state index contributed by atoms with van der Waals surface area (Å²) in [6.45, 7) is 2.32. The van der Waals surface area contributed by atoms with E-state index in [1.54, 1.807) is 18.3 Å². The van der Waals surface area contributed by atoms with Crippen LogP contribution in [0.15, 0.2) is 48.8 Å². The molecule has 1 aliphatic rings. The van der Waals surface area contributed by atoms with Gasteiger partial charge in [0.2, 0.25) is 0 Å². The minimum Gasteiger partial charge on any atom is -0.346 e. The first-order valence-electron chi connectivity index (χ1n) is 7.66. The molecule has 3 heterocycles. The van der Waals surface area contributed by atoms with Crippen LogP contribution in [0.3, 0.4) is 0 Å². The van der Waals surface area contributed by atoms with E-state index in [4.69, 9.17) is 4.98 Å².